The highest BCUT2D eigenvalue weighted by Crippen LogP contribution is 2.22. The lowest BCUT2D eigenvalue weighted by atomic mass is 9.94. The van der Waals surface area contributed by atoms with Crippen LogP contribution in [0.4, 0.5) is 0 Å². The minimum Gasteiger partial charge on any atom is -0.0648 e. The Morgan fingerprint density at radius 2 is 1.69 bits per heavy atom. The lowest BCUT2D eigenvalue weighted by Gasteiger charge is -2.12. The lowest BCUT2D eigenvalue weighted by molar-refractivity contribution is 0.729. The maximum absolute atomic E-state index is 2.35. The van der Waals surface area contributed by atoms with E-state index in [0.29, 0.717) is 11.8 Å². The van der Waals surface area contributed by atoms with Gasteiger partial charge in [0.2, 0.25) is 0 Å². The van der Waals surface area contributed by atoms with Gasteiger partial charge in [-0.05, 0) is 29.4 Å². The number of benzene rings is 1. The van der Waals surface area contributed by atoms with Gasteiger partial charge < -0.3 is 0 Å². The van der Waals surface area contributed by atoms with E-state index >= 15 is 0 Å². The summed E-state index contributed by atoms with van der Waals surface area (Å²) in [6.45, 7) is 9.03. The summed E-state index contributed by atoms with van der Waals surface area (Å²) < 4.78 is 0. The van der Waals surface area contributed by atoms with Crippen LogP contribution in [-0.4, -0.2) is 0 Å². The van der Waals surface area contributed by atoms with Gasteiger partial charge >= 0.3 is 0 Å². The molecule has 0 saturated heterocycles. The fraction of sp³-hybridized carbons (Fsp3) is 0.538. The van der Waals surface area contributed by atoms with E-state index in [4.69, 9.17) is 0 Å². The highest BCUT2D eigenvalue weighted by Gasteiger charge is 2.04. The zero-order valence-corrected chi connectivity index (χ0v) is 9.17. The standard InChI is InChI=1S/C13H20/c1-5-11(4)13-8-6-7-12(9-13)10(2)3/h6-11H,5H2,1-4H3. The molecule has 0 spiro atoms. The molecule has 0 bridgehead atoms. The summed E-state index contributed by atoms with van der Waals surface area (Å²) in [5.41, 5.74) is 2.94. The van der Waals surface area contributed by atoms with Crippen LogP contribution < -0.4 is 0 Å². The molecule has 0 nitrogen and oxygen atoms in total. The second-order valence-corrected chi connectivity index (χ2v) is 4.13. The van der Waals surface area contributed by atoms with Crippen LogP contribution in [0.2, 0.25) is 0 Å². The fourth-order valence-corrected chi connectivity index (χ4v) is 1.46. The Kier molecular flexibility index (Phi) is 3.53. The van der Waals surface area contributed by atoms with Crippen LogP contribution in [-0.2, 0) is 0 Å². The molecule has 72 valence electrons. The molecule has 1 aromatic rings. The number of hydrogen-bond donors (Lipinski definition) is 0. The summed E-state index contributed by atoms with van der Waals surface area (Å²) in [6.07, 6.45) is 1.22. The minimum atomic E-state index is 0.643. The molecule has 0 aromatic heterocycles. The summed E-state index contributed by atoms with van der Waals surface area (Å²) in [7, 11) is 0. The maximum atomic E-state index is 2.35. The van der Waals surface area contributed by atoms with Crippen molar-refractivity contribution in [3.05, 3.63) is 35.4 Å². The van der Waals surface area contributed by atoms with Gasteiger partial charge in [0.15, 0.2) is 0 Å². The highest BCUT2D eigenvalue weighted by molar-refractivity contribution is 5.27. The molecule has 0 saturated carbocycles. The van der Waals surface area contributed by atoms with Crippen molar-refractivity contribution in [3.8, 4) is 0 Å². The van der Waals surface area contributed by atoms with Crippen molar-refractivity contribution in [1.29, 1.82) is 0 Å². The molecule has 0 amide bonds. The molecule has 1 rings (SSSR count). The average molecular weight is 176 g/mol. The Labute approximate surface area is 82.0 Å². The summed E-state index contributed by atoms with van der Waals surface area (Å²) in [5, 5.41) is 0. The normalized spacial score (nSPS) is 13.3. The monoisotopic (exact) mass is 176 g/mol. The predicted molar refractivity (Wildman–Crippen MR) is 59.2 cm³/mol. The first-order chi connectivity index (χ1) is 6.15. The first kappa shape index (κ1) is 10.3. The van der Waals surface area contributed by atoms with Gasteiger partial charge in [0, 0.05) is 0 Å². The van der Waals surface area contributed by atoms with Crippen molar-refractivity contribution in [1.82, 2.24) is 0 Å². The molecule has 0 aliphatic rings. The van der Waals surface area contributed by atoms with Crippen LogP contribution in [0.5, 0.6) is 0 Å². The van der Waals surface area contributed by atoms with Gasteiger partial charge in [0.25, 0.3) is 0 Å². The van der Waals surface area contributed by atoms with E-state index in [1.54, 1.807) is 0 Å². The molecule has 0 heteroatoms. The molecule has 1 unspecified atom stereocenters. The Balaban J connectivity index is 2.91. The van der Waals surface area contributed by atoms with E-state index in [-0.39, 0.29) is 0 Å². The third-order valence-electron chi connectivity index (χ3n) is 2.76. The first-order valence-corrected chi connectivity index (χ1v) is 5.25. The third-order valence-corrected chi connectivity index (χ3v) is 2.76. The molecular weight excluding hydrogens is 156 g/mol. The van der Waals surface area contributed by atoms with Gasteiger partial charge in [0.1, 0.15) is 0 Å². The van der Waals surface area contributed by atoms with Gasteiger partial charge in [-0.2, -0.15) is 0 Å². The third kappa shape index (κ3) is 2.58. The van der Waals surface area contributed by atoms with Crippen molar-refractivity contribution >= 4 is 0 Å². The Bertz CT molecular complexity index is 260. The predicted octanol–water partition coefficient (Wildman–Crippen LogP) is 4.32. The molecule has 0 radical (unpaired) electrons. The van der Waals surface area contributed by atoms with Crippen LogP contribution >= 0.6 is 0 Å². The molecule has 0 fully saturated rings. The van der Waals surface area contributed by atoms with Crippen molar-refractivity contribution in [3.63, 3.8) is 0 Å². The van der Waals surface area contributed by atoms with Crippen LogP contribution in [0.15, 0.2) is 24.3 Å². The maximum Gasteiger partial charge on any atom is -0.0193 e. The van der Waals surface area contributed by atoms with E-state index in [0.717, 1.165) is 0 Å². The second-order valence-electron chi connectivity index (χ2n) is 4.13. The molecule has 1 aromatic carbocycles. The van der Waals surface area contributed by atoms with Crippen LogP contribution in [0.25, 0.3) is 0 Å². The minimum absolute atomic E-state index is 0.643. The van der Waals surface area contributed by atoms with E-state index in [2.05, 4.69) is 52.0 Å². The van der Waals surface area contributed by atoms with Gasteiger partial charge in [0.05, 0.1) is 0 Å². The van der Waals surface area contributed by atoms with Crippen molar-refractivity contribution in [2.45, 2.75) is 46.0 Å². The van der Waals surface area contributed by atoms with Crippen LogP contribution in [0, 0.1) is 0 Å². The molecule has 0 aliphatic carbocycles. The van der Waals surface area contributed by atoms with Gasteiger partial charge in [-0.1, -0.05) is 52.0 Å². The zero-order valence-electron chi connectivity index (χ0n) is 9.17. The van der Waals surface area contributed by atoms with Crippen molar-refractivity contribution in [2.24, 2.45) is 0 Å². The summed E-state index contributed by atoms with van der Waals surface area (Å²) >= 11 is 0. The first-order valence-electron chi connectivity index (χ1n) is 5.25. The van der Waals surface area contributed by atoms with Crippen molar-refractivity contribution < 1.29 is 0 Å². The SMILES string of the molecule is CCC(C)c1cccc(C(C)C)c1. The smallest absolute Gasteiger partial charge is 0.0193 e. The molecule has 1 atom stereocenters. The Hall–Kier alpha value is -0.780. The Morgan fingerprint density at radius 3 is 2.23 bits per heavy atom. The number of rotatable bonds is 3. The summed E-state index contributed by atoms with van der Waals surface area (Å²) in [6, 6.07) is 8.98. The van der Waals surface area contributed by atoms with Crippen molar-refractivity contribution in [2.75, 3.05) is 0 Å². The molecule has 0 heterocycles. The second kappa shape index (κ2) is 4.45. The highest BCUT2D eigenvalue weighted by atomic mass is 14.1. The average Bonchev–Trinajstić information content (AvgIpc) is 2.17. The van der Waals surface area contributed by atoms with E-state index in [1.807, 2.05) is 0 Å². The number of hydrogen-bond acceptors (Lipinski definition) is 0. The van der Waals surface area contributed by atoms with E-state index in [9.17, 15) is 0 Å². The molecule has 13 heavy (non-hydrogen) atoms. The molecular formula is C13H20. The fourth-order valence-electron chi connectivity index (χ4n) is 1.46. The largest absolute Gasteiger partial charge is 0.0648 e. The quantitative estimate of drug-likeness (QED) is 0.643. The van der Waals surface area contributed by atoms with Crippen LogP contribution in [0.1, 0.15) is 57.1 Å². The molecule has 0 N–H and O–H groups in total. The van der Waals surface area contributed by atoms with Gasteiger partial charge in [-0.25, -0.2) is 0 Å². The van der Waals surface area contributed by atoms with E-state index in [1.165, 1.54) is 17.5 Å². The van der Waals surface area contributed by atoms with Gasteiger partial charge in [-0.3, -0.25) is 0 Å². The Morgan fingerprint density at radius 1 is 1.08 bits per heavy atom. The van der Waals surface area contributed by atoms with Gasteiger partial charge in [-0.15, -0.1) is 0 Å². The van der Waals surface area contributed by atoms with Crippen LogP contribution in [0.3, 0.4) is 0 Å². The zero-order chi connectivity index (χ0) is 9.84. The lowest BCUT2D eigenvalue weighted by Crippen LogP contribution is -1.94. The van der Waals surface area contributed by atoms with E-state index < -0.39 is 0 Å². The summed E-state index contributed by atoms with van der Waals surface area (Å²) in [5.74, 6) is 1.34. The topological polar surface area (TPSA) is 0 Å². The summed E-state index contributed by atoms with van der Waals surface area (Å²) in [4.78, 5) is 0. The molecule has 0 aliphatic heterocycles.